The fourth-order valence-corrected chi connectivity index (χ4v) is 2.67. The van der Waals surface area contributed by atoms with E-state index >= 15 is 0 Å². The molecule has 114 valence electrons. The second-order valence-electron chi connectivity index (χ2n) is 5.32. The van der Waals surface area contributed by atoms with Gasteiger partial charge in [0.15, 0.2) is 0 Å². The van der Waals surface area contributed by atoms with Crippen LogP contribution in [0.1, 0.15) is 42.0 Å². The van der Waals surface area contributed by atoms with Gasteiger partial charge in [0.05, 0.1) is 0 Å². The fourth-order valence-electron chi connectivity index (χ4n) is 2.51. The first-order valence-corrected chi connectivity index (χ1v) is 7.63. The fraction of sp³-hybridized carbons (Fsp3) is 0.412. The molecule has 0 saturated carbocycles. The van der Waals surface area contributed by atoms with Gasteiger partial charge in [-0.3, -0.25) is 0 Å². The summed E-state index contributed by atoms with van der Waals surface area (Å²) in [7, 11) is 0. The minimum absolute atomic E-state index is 0.0399. The summed E-state index contributed by atoms with van der Waals surface area (Å²) in [6.07, 6.45) is 1.60. The van der Waals surface area contributed by atoms with Crippen molar-refractivity contribution < 1.29 is 8.81 Å². The highest BCUT2D eigenvalue weighted by Gasteiger charge is 2.18. The third-order valence-electron chi connectivity index (χ3n) is 3.53. The normalized spacial score (nSPS) is 12.6. The minimum atomic E-state index is -0.260. The van der Waals surface area contributed by atoms with Crippen LogP contribution in [0.25, 0.3) is 0 Å². The van der Waals surface area contributed by atoms with Crippen LogP contribution in [-0.2, 0) is 6.42 Å². The molecule has 2 rings (SSSR count). The molecule has 1 unspecified atom stereocenters. The van der Waals surface area contributed by atoms with Gasteiger partial charge in [-0.1, -0.05) is 24.6 Å². The van der Waals surface area contributed by atoms with E-state index in [0.29, 0.717) is 17.0 Å². The Kier molecular flexibility index (Phi) is 5.43. The van der Waals surface area contributed by atoms with Crippen molar-refractivity contribution in [2.75, 3.05) is 6.54 Å². The number of halogens is 2. The lowest BCUT2D eigenvalue weighted by Gasteiger charge is -2.18. The van der Waals surface area contributed by atoms with Crippen molar-refractivity contribution >= 4 is 11.6 Å². The first kappa shape index (κ1) is 16.1. The van der Waals surface area contributed by atoms with E-state index in [1.54, 1.807) is 12.1 Å². The summed E-state index contributed by atoms with van der Waals surface area (Å²) in [4.78, 5) is 0. The lowest BCUT2D eigenvalue weighted by atomic mass is 9.98. The van der Waals surface area contributed by atoms with Crippen molar-refractivity contribution in [2.45, 2.75) is 39.7 Å². The van der Waals surface area contributed by atoms with Crippen LogP contribution in [0, 0.1) is 19.7 Å². The quantitative estimate of drug-likeness (QED) is 0.814. The van der Waals surface area contributed by atoms with Crippen LogP contribution >= 0.6 is 11.6 Å². The van der Waals surface area contributed by atoms with E-state index < -0.39 is 0 Å². The van der Waals surface area contributed by atoms with Crippen molar-refractivity contribution in [3.63, 3.8) is 0 Å². The average molecular weight is 310 g/mol. The molecule has 1 atom stereocenters. The molecule has 21 heavy (non-hydrogen) atoms. The van der Waals surface area contributed by atoms with E-state index in [1.807, 2.05) is 19.9 Å². The third kappa shape index (κ3) is 4.08. The Morgan fingerprint density at radius 1 is 1.29 bits per heavy atom. The SMILES string of the molecule is CCCNC(Cc1ccc(Cl)cc1F)c1cc(C)oc1C. The first-order chi connectivity index (χ1) is 10.0. The number of furan rings is 1. The van der Waals surface area contributed by atoms with Gasteiger partial charge in [-0.25, -0.2) is 4.39 Å². The number of hydrogen-bond acceptors (Lipinski definition) is 2. The van der Waals surface area contributed by atoms with Gasteiger partial charge < -0.3 is 9.73 Å². The van der Waals surface area contributed by atoms with Crippen LogP contribution in [0.2, 0.25) is 5.02 Å². The van der Waals surface area contributed by atoms with E-state index in [2.05, 4.69) is 12.2 Å². The van der Waals surface area contributed by atoms with Gasteiger partial charge in [0.25, 0.3) is 0 Å². The Balaban J connectivity index is 2.26. The number of hydrogen-bond donors (Lipinski definition) is 1. The molecule has 0 aliphatic rings. The Hall–Kier alpha value is -1.32. The van der Waals surface area contributed by atoms with Crippen LogP contribution in [0.4, 0.5) is 4.39 Å². The molecule has 4 heteroatoms. The van der Waals surface area contributed by atoms with Crippen molar-refractivity contribution in [2.24, 2.45) is 0 Å². The van der Waals surface area contributed by atoms with Gasteiger partial charge in [0, 0.05) is 16.6 Å². The summed E-state index contributed by atoms with van der Waals surface area (Å²) < 4.78 is 19.6. The molecule has 2 nitrogen and oxygen atoms in total. The second kappa shape index (κ2) is 7.10. The standard InChI is InChI=1S/C17H21ClFNO/c1-4-7-20-17(15-8-11(2)21-12(15)3)9-13-5-6-14(18)10-16(13)19/h5-6,8,10,17,20H,4,7,9H2,1-3H3. The van der Waals surface area contributed by atoms with Crippen molar-refractivity contribution in [3.05, 3.63) is 57.8 Å². The van der Waals surface area contributed by atoms with Crippen molar-refractivity contribution in [1.29, 1.82) is 0 Å². The highest BCUT2D eigenvalue weighted by Crippen LogP contribution is 2.26. The molecule has 1 N–H and O–H groups in total. The van der Waals surface area contributed by atoms with E-state index in [1.165, 1.54) is 6.07 Å². The predicted molar refractivity (Wildman–Crippen MR) is 84.3 cm³/mol. The monoisotopic (exact) mass is 309 g/mol. The zero-order valence-corrected chi connectivity index (χ0v) is 13.4. The Labute approximate surface area is 130 Å². The highest BCUT2D eigenvalue weighted by molar-refractivity contribution is 6.30. The maximum Gasteiger partial charge on any atom is 0.127 e. The molecule has 0 radical (unpaired) electrons. The summed E-state index contributed by atoms with van der Waals surface area (Å²) in [5.41, 5.74) is 1.75. The van der Waals surface area contributed by atoms with E-state index in [-0.39, 0.29) is 11.9 Å². The molecule has 0 amide bonds. The summed E-state index contributed by atoms with van der Waals surface area (Å²) in [6.45, 7) is 6.86. The van der Waals surface area contributed by atoms with Crippen LogP contribution in [0.3, 0.4) is 0 Å². The topological polar surface area (TPSA) is 25.2 Å². The maximum atomic E-state index is 14.0. The van der Waals surface area contributed by atoms with Crippen LogP contribution < -0.4 is 5.32 Å². The molecule has 2 aromatic rings. The van der Waals surface area contributed by atoms with Crippen molar-refractivity contribution in [3.8, 4) is 0 Å². The number of aryl methyl sites for hydroxylation is 2. The smallest absolute Gasteiger partial charge is 0.127 e. The Morgan fingerprint density at radius 2 is 2.05 bits per heavy atom. The molecular weight excluding hydrogens is 289 g/mol. The summed E-state index contributed by atoms with van der Waals surface area (Å²) in [6, 6.07) is 6.90. The Bertz CT molecular complexity index is 609. The molecule has 0 spiro atoms. The number of benzene rings is 1. The highest BCUT2D eigenvalue weighted by atomic mass is 35.5. The predicted octanol–water partition coefficient (Wildman–Crippen LogP) is 4.97. The molecule has 1 aromatic heterocycles. The van der Waals surface area contributed by atoms with Gasteiger partial charge in [0.1, 0.15) is 17.3 Å². The van der Waals surface area contributed by atoms with Gasteiger partial charge in [0.2, 0.25) is 0 Å². The Morgan fingerprint density at radius 3 is 2.62 bits per heavy atom. The molecule has 0 bridgehead atoms. The molecule has 0 aliphatic heterocycles. The van der Waals surface area contributed by atoms with E-state index in [9.17, 15) is 4.39 Å². The lowest BCUT2D eigenvalue weighted by molar-refractivity contribution is 0.476. The molecule has 0 aliphatic carbocycles. The van der Waals surface area contributed by atoms with E-state index in [4.69, 9.17) is 16.0 Å². The summed E-state index contributed by atoms with van der Waals surface area (Å²) in [5, 5.41) is 3.89. The van der Waals surface area contributed by atoms with Gasteiger partial charge >= 0.3 is 0 Å². The van der Waals surface area contributed by atoms with Gasteiger partial charge in [-0.2, -0.15) is 0 Å². The van der Waals surface area contributed by atoms with Gasteiger partial charge in [-0.05, 0) is 57.0 Å². The zero-order valence-electron chi connectivity index (χ0n) is 12.7. The summed E-state index contributed by atoms with van der Waals surface area (Å²) >= 11 is 5.81. The number of rotatable bonds is 6. The van der Waals surface area contributed by atoms with Crippen LogP contribution in [0.15, 0.2) is 28.7 Å². The third-order valence-corrected chi connectivity index (χ3v) is 3.77. The second-order valence-corrected chi connectivity index (χ2v) is 5.75. The maximum absolute atomic E-state index is 14.0. The van der Waals surface area contributed by atoms with E-state index in [0.717, 1.165) is 30.0 Å². The molecule has 1 aromatic carbocycles. The number of nitrogens with one attached hydrogen (secondary N) is 1. The first-order valence-electron chi connectivity index (χ1n) is 7.25. The molecular formula is C17H21ClFNO. The summed E-state index contributed by atoms with van der Waals surface area (Å²) in [5.74, 6) is 1.50. The molecule has 0 fully saturated rings. The van der Waals surface area contributed by atoms with Gasteiger partial charge in [-0.15, -0.1) is 0 Å². The van der Waals surface area contributed by atoms with Crippen LogP contribution in [-0.4, -0.2) is 6.54 Å². The molecule has 1 heterocycles. The van der Waals surface area contributed by atoms with Crippen LogP contribution in [0.5, 0.6) is 0 Å². The largest absolute Gasteiger partial charge is 0.466 e. The average Bonchev–Trinajstić information content (AvgIpc) is 2.76. The minimum Gasteiger partial charge on any atom is -0.466 e. The zero-order chi connectivity index (χ0) is 15.4. The lowest BCUT2D eigenvalue weighted by Crippen LogP contribution is -2.24. The molecule has 0 saturated heterocycles. The van der Waals surface area contributed by atoms with Crippen molar-refractivity contribution in [1.82, 2.24) is 5.32 Å².